The Hall–Kier alpha value is -3.04. The van der Waals surface area contributed by atoms with Gasteiger partial charge in [-0.2, -0.15) is 0 Å². The quantitative estimate of drug-likeness (QED) is 0.684. The molecule has 0 saturated heterocycles. The van der Waals surface area contributed by atoms with Gasteiger partial charge in [-0.1, -0.05) is 6.07 Å². The molecule has 0 amide bonds. The number of nitrogens with one attached hydrogen (secondary N) is 2. The monoisotopic (exact) mass is 371 g/mol. The maximum Gasteiger partial charge on any atom is 0.240 e. The van der Waals surface area contributed by atoms with Crippen LogP contribution in [0.1, 0.15) is 0 Å². The minimum atomic E-state index is -3.53. The van der Waals surface area contributed by atoms with Gasteiger partial charge in [0.25, 0.3) is 0 Å². The minimum Gasteiger partial charge on any atom is -0.481 e. The fourth-order valence-corrected chi connectivity index (χ4v) is 3.08. The van der Waals surface area contributed by atoms with Crippen molar-refractivity contribution >= 4 is 21.7 Å². The lowest BCUT2D eigenvalue weighted by atomic mass is 10.2. The van der Waals surface area contributed by atoms with E-state index in [0.717, 1.165) is 5.56 Å². The molecular weight excluding hydrogens is 354 g/mol. The Labute approximate surface area is 151 Å². The van der Waals surface area contributed by atoms with Gasteiger partial charge in [-0.25, -0.2) is 28.1 Å². The summed E-state index contributed by atoms with van der Waals surface area (Å²) >= 11 is 0. The first-order valence-electron chi connectivity index (χ1n) is 7.66. The number of sulfonamides is 1. The lowest BCUT2D eigenvalue weighted by Gasteiger charge is -2.10. The molecule has 0 bridgehead atoms. The van der Waals surface area contributed by atoms with Crippen molar-refractivity contribution in [3.63, 3.8) is 0 Å². The van der Waals surface area contributed by atoms with Gasteiger partial charge in [-0.15, -0.1) is 0 Å². The van der Waals surface area contributed by atoms with E-state index < -0.39 is 10.0 Å². The molecule has 2 heterocycles. The second-order valence-electron chi connectivity index (χ2n) is 5.19. The predicted octanol–water partition coefficient (Wildman–Crippen LogP) is 2.20. The highest BCUT2D eigenvalue weighted by Gasteiger charge is 2.12. The van der Waals surface area contributed by atoms with E-state index >= 15 is 0 Å². The van der Waals surface area contributed by atoms with Crippen LogP contribution < -0.4 is 14.8 Å². The van der Waals surface area contributed by atoms with Gasteiger partial charge < -0.3 is 10.1 Å². The van der Waals surface area contributed by atoms with Crippen LogP contribution in [0, 0.1) is 0 Å². The van der Waals surface area contributed by atoms with Crippen LogP contribution in [-0.4, -0.2) is 37.5 Å². The number of methoxy groups -OCH3 is 1. The number of rotatable bonds is 6. The summed E-state index contributed by atoms with van der Waals surface area (Å²) in [5.74, 6) is 0.784. The van der Waals surface area contributed by atoms with Crippen molar-refractivity contribution in [3.05, 3.63) is 54.9 Å². The van der Waals surface area contributed by atoms with E-state index in [2.05, 4.69) is 25.0 Å². The summed E-state index contributed by atoms with van der Waals surface area (Å²) in [6, 6.07) is 11.8. The molecule has 0 spiro atoms. The van der Waals surface area contributed by atoms with E-state index in [4.69, 9.17) is 4.74 Å². The zero-order valence-electron chi connectivity index (χ0n) is 14.2. The van der Waals surface area contributed by atoms with E-state index in [0.29, 0.717) is 23.2 Å². The number of hydrogen-bond donors (Lipinski definition) is 2. The number of ether oxygens (including phenoxy) is 1. The average molecular weight is 371 g/mol. The largest absolute Gasteiger partial charge is 0.481 e. The van der Waals surface area contributed by atoms with Gasteiger partial charge in [0, 0.05) is 18.1 Å². The van der Waals surface area contributed by atoms with Crippen molar-refractivity contribution in [1.29, 1.82) is 0 Å². The fraction of sp³-hybridized carbons (Fsp3) is 0.118. The highest BCUT2D eigenvalue weighted by atomic mass is 32.2. The van der Waals surface area contributed by atoms with Gasteiger partial charge >= 0.3 is 0 Å². The van der Waals surface area contributed by atoms with E-state index in [1.54, 1.807) is 43.8 Å². The first-order chi connectivity index (χ1) is 12.5. The highest BCUT2D eigenvalue weighted by molar-refractivity contribution is 7.89. The third-order valence-corrected chi connectivity index (χ3v) is 4.98. The molecule has 0 saturated carbocycles. The van der Waals surface area contributed by atoms with Crippen LogP contribution in [-0.2, 0) is 10.0 Å². The molecule has 0 aliphatic rings. The van der Waals surface area contributed by atoms with E-state index in [-0.39, 0.29) is 4.90 Å². The number of pyridine rings is 1. The van der Waals surface area contributed by atoms with Crippen molar-refractivity contribution < 1.29 is 13.2 Å². The smallest absolute Gasteiger partial charge is 0.240 e. The van der Waals surface area contributed by atoms with Gasteiger partial charge in [-0.05, 0) is 43.4 Å². The molecule has 0 aliphatic heterocycles. The average Bonchev–Trinajstić information content (AvgIpc) is 2.68. The molecule has 2 aromatic heterocycles. The van der Waals surface area contributed by atoms with Crippen LogP contribution in [0.15, 0.2) is 59.8 Å². The minimum absolute atomic E-state index is 0.148. The molecule has 2 N–H and O–H groups in total. The first-order valence-corrected chi connectivity index (χ1v) is 9.15. The van der Waals surface area contributed by atoms with Crippen molar-refractivity contribution in [1.82, 2.24) is 19.7 Å². The Morgan fingerprint density at radius 3 is 2.65 bits per heavy atom. The van der Waals surface area contributed by atoms with Crippen LogP contribution >= 0.6 is 0 Å². The van der Waals surface area contributed by atoms with Gasteiger partial charge in [0.05, 0.1) is 23.3 Å². The Morgan fingerprint density at radius 2 is 1.88 bits per heavy atom. The van der Waals surface area contributed by atoms with Crippen LogP contribution in [0.4, 0.5) is 11.6 Å². The summed E-state index contributed by atoms with van der Waals surface area (Å²) in [7, 11) is -0.623. The van der Waals surface area contributed by atoms with Crippen LogP contribution in [0.5, 0.6) is 5.88 Å². The predicted molar refractivity (Wildman–Crippen MR) is 97.8 cm³/mol. The molecule has 0 aliphatic carbocycles. The Kier molecular flexibility index (Phi) is 5.10. The number of anilines is 2. The number of nitrogens with zero attached hydrogens (tertiary/aromatic N) is 3. The molecule has 134 valence electrons. The summed E-state index contributed by atoms with van der Waals surface area (Å²) in [6.45, 7) is 0. The Morgan fingerprint density at radius 1 is 1.04 bits per heavy atom. The third kappa shape index (κ3) is 3.79. The second kappa shape index (κ2) is 7.46. The van der Waals surface area contributed by atoms with Crippen molar-refractivity contribution in [2.45, 2.75) is 4.90 Å². The molecule has 9 heteroatoms. The summed E-state index contributed by atoms with van der Waals surface area (Å²) < 4.78 is 31.4. The lowest BCUT2D eigenvalue weighted by molar-refractivity contribution is 0.399. The normalized spacial score (nSPS) is 11.2. The molecular formula is C17H17N5O3S. The molecule has 3 aromatic rings. The lowest BCUT2D eigenvalue weighted by Crippen LogP contribution is -2.18. The third-order valence-electron chi connectivity index (χ3n) is 3.57. The number of aromatic nitrogens is 3. The number of benzene rings is 1. The van der Waals surface area contributed by atoms with E-state index in [1.165, 1.54) is 19.2 Å². The maximum absolute atomic E-state index is 11.9. The first kappa shape index (κ1) is 17.8. The topological polar surface area (TPSA) is 106 Å². The second-order valence-corrected chi connectivity index (χ2v) is 7.07. The van der Waals surface area contributed by atoms with Gasteiger partial charge in [0.15, 0.2) is 0 Å². The van der Waals surface area contributed by atoms with Crippen molar-refractivity contribution in [2.24, 2.45) is 0 Å². The standard InChI is InChI=1S/C17H17N5O3S/c1-18-26(23,24)13-6-3-5-12(11-13)21-17-20-10-8-15(22-17)14-7-4-9-19-16(14)25-2/h3-11,18H,1-2H3,(H,20,21,22). The van der Waals surface area contributed by atoms with Crippen LogP contribution in [0.25, 0.3) is 11.3 Å². The van der Waals surface area contributed by atoms with E-state index in [9.17, 15) is 8.42 Å². The van der Waals surface area contributed by atoms with Crippen molar-refractivity contribution in [3.8, 4) is 17.1 Å². The summed E-state index contributed by atoms with van der Waals surface area (Å²) in [4.78, 5) is 12.9. The summed E-state index contributed by atoms with van der Waals surface area (Å²) in [5, 5.41) is 3.01. The van der Waals surface area contributed by atoms with Crippen LogP contribution in [0.3, 0.4) is 0 Å². The SMILES string of the molecule is CNS(=O)(=O)c1cccc(Nc2nccc(-c3cccnc3OC)n2)c1. The molecule has 0 radical (unpaired) electrons. The van der Waals surface area contributed by atoms with Gasteiger partial charge in [0.1, 0.15) is 0 Å². The van der Waals surface area contributed by atoms with Crippen molar-refractivity contribution in [2.75, 3.05) is 19.5 Å². The summed E-state index contributed by atoms with van der Waals surface area (Å²) in [5.41, 5.74) is 1.91. The molecule has 0 unspecified atom stereocenters. The molecule has 3 rings (SSSR count). The molecule has 1 aromatic carbocycles. The number of hydrogen-bond acceptors (Lipinski definition) is 7. The molecule has 8 nitrogen and oxygen atoms in total. The molecule has 0 fully saturated rings. The Bertz CT molecular complexity index is 1020. The zero-order valence-corrected chi connectivity index (χ0v) is 15.0. The van der Waals surface area contributed by atoms with Gasteiger partial charge in [-0.3, -0.25) is 0 Å². The zero-order chi connectivity index (χ0) is 18.6. The molecule has 26 heavy (non-hydrogen) atoms. The fourth-order valence-electron chi connectivity index (χ4n) is 2.31. The van der Waals surface area contributed by atoms with Gasteiger partial charge in [0.2, 0.25) is 21.9 Å². The van der Waals surface area contributed by atoms with Crippen LogP contribution in [0.2, 0.25) is 0 Å². The molecule has 0 atom stereocenters. The Balaban J connectivity index is 1.92. The summed E-state index contributed by atoms with van der Waals surface area (Å²) in [6.07, 6.45) is 3.24. The maximum atomic E-state index is 11.9. The van der Waals surface area contributed by atoms with E-state index in [1.807, 2.05) is 6.07 Å². The highest BCUT2D eigenvalue weighted by Crippen LogP contribution is 2.26.